The van der Waals surface area contributed by atoms with Gasteiger partial charge in [-0.3, -0.25) is 0 Å². The van der Waals surface area contributed by atoms with E-state index in [1.54, 1.807) is 6.07 Å². The lowest BCUT2D eigenvalue weighted by atomic mass is 10.2. The van der Waals surface area contributed by atoms with Gasteiger partial charge in [0.15, 0.2) is 0 Å². The number of hydrogen-bond acceptors (Lipinski definition) is 3. The van der Waals surface area contributed by atoms with Crippen LogP contribution in [0.3, 0.4) is 0 Å². The molecule has 0 aliphatic carbocycles. The normalized spacial score (nSPS) is 11.0. The first-order valence-electron chi connectivity index (χ1n) is 5.57. The lowest BCUT2D eigenvalue weighted by molar-refractivity contribution is 0.628. The molecular formula is C14H11FN2S. The van der Waals surface area contributed by atoms with Gasteiger partial charge in [-0.15, -0.1) is 11.3 Å². The molecule has 90 valence electrons. The molecule has 0 atom stereocenters. The van der Waals surface area contributed by atoms with Gasteiger partial charge >= 0.3 is 0 Å². The second kappa shape index (κ2) is 4.07. The number of thiazole rings is 1. The van der Waals surface area contributed by atoms with Crippen LogP contribution in [-0.2, 0) is 0 Å². The Balaban J connectivity index is 2.26. The van der Waals surface area contributed by atoms with Gasteiger partial charge in [-0.1, -0.05) is 12.1 Å². The fourth-order valence-electron chi connectivity index (χ4n) is 1.92. The quantitative estimate of drug-likeness (QED) is 0.670. The molecule has 0 aliphatic rings. The lowest BCUT2D eigenvalue weighted by Crippen LogP contribution is -1.90. The van der Waals surface area contributed by atoms with Crippen LogP contribution >= 0.6 is 11.3 Å². The molecule has 0 spiro atoms. The van der Waals surface area contributed by atoms with E-state index in [4.69, 9.17) is 5.73 Å². The molecule has 4 heteroatoms. The van der Waals surface area contributed by atoms with E-state index in [2.05, 4.69) is 4.98 Å². The Morgan fingerprint density at radius 2 is 2.06 bits per heavy atom. The number of nitrogen functional groups attached to an aromatic ring is 1. The molecule has 18 heavy (non-hydrogen) atoms. The van der Waals surface area contributed by atoms with Crippen molar-refractivity contribution in [2.24, 2.45) is 0 Å². The molecule has 0 unspecified atom stereocenters. The summed E-state index contributed by atoms with van der Waals surface area (Å²) in [5, 5.41) is 0.760. The maximum atomic E-state index is 13.3. The number of nitrogens with zero attached hydrogens (tertiary/aromatic N) is 1. The number of aromatic nitrogens is 1. The molecule has 0 radical (unpaired) electrons. The molecule has 1 aromatic heterocycles. The van der Waals surface area contributed by atoms with Crippen LogP contribution in [-0.4, -0.2) is 4.98 Å². The highest BCUT2D eigenvalue weighted by molar-refractivity contribution is 7.21. The molecule has 0 fully saturated rings. The summed E-state index contributed by atoms with van der Waals surface area (Å²) in [5.74, 6) is -0.296. The largest absolute Gasteiger partial charge is 0.398 e. The minimum Gasteiger partial charge on any atom is -0.398 e. The van der Waals surface area contributed by atoms with Gasteiger partial charge in [0.05, 0.1) is 10.2 Å². The zero-order valence-corrected chi connectivity index (χ0v) is 10.6. The number of anilines is 1. The summed E-state index contributed by atoms with van der Waals surface area (Å²) < 4.78 is 14.4. The van der Waals surface area contributed by atoms with E-state index < -0.39 is 0 Å². The molecule has 0 amide bonds. The number of fused-ring (bicyclic) bond motifs is 1. The van der Waals surface area contributed by atoms with Gasteiger partial charge in [-0.05, 0) is 36.8 Å². The minimum absolute atomic E-state index is 0.296. The second-order valence-corrected chi connectivity index (χ2v) is 5.20. The Labute approximate surface area is 108 Å². The third-order valence-electron chi connectivity index (χ3n) is 2.87. The maximum absolute atomic E-state index is 13.3. The fraction of sp³-hybridized carbons (Fsp3) is 0.0714. The van der Waals surface area contributed by atoms with Crippen LogP contribution in [0, 0.1) is 12.7 Å². The molecule has 0 bridgehead atoms. The Hall–Kier alpha value is -1.94. The van der Waals surface area contributed by atoms with Gasteiger partial charge in [0.2, 0.25) is 0 Å². The number of aryl methyl sites for hydroxylation is 1. The van der Waals surface area contributed by atoms with Crippen molar-refractivity contribution in [3.8, 4) is 10.6 Å². The SMILES string of the molecule is Cc1cccc2sc(-c3cc(F)ccc3N)nc12. The predicted octanol–water partition coefficient (Wildman–Crippen LogP) is 3.99. The van der Waals surface area contributed by atoms with Crippen LogP contribution in [0.1, 0.15) is 5.56 Å². The molecule has 2 aromatic carbocycles. The highest BCUT2D eigenvalue weighted by Crippen LogP contribution is 2.34. The molecule has 0 aliphatic heterocycles. The standard InChI is InChI=1S/C14H11FN2S/c1-8-3-2-4-12-13(8)17-14(18-12)10-7-9(15)5-6-11(10)16/h2-7H,16H2,1H3. The van der Waals surface area contributed by atoms with Crippen molar-refractivity contribution in [2.75, 3.05) is 5.73 Å². The Kier molecular flexibility index (Phi) is 2.52. The summed E-state index contributed by atoms with van der Waals surface area (Å²) in [4.78, 5) is 4.56. The minimum atomic E-state index is -0.296. The van der Waals surface area contributed by atoms with Crippen molar-refractivity contribution in [2.45, 2.75) is 6.92 Å². The van der Waals surface area contributed by atoms with Gasteiger partial charge in [-0.25, -0.2) is 9.37 Å². The molecule has 3 rings (SSSR count). The van der Waals surface area contributed by atoms with Crippen molar-refractivity contribution in [1.82, 2.24) is 4.98 Å². The molecule has 0 saturated heterocycles. The van der Waals surface area contributed by atoms with E-state index in [1.807, 2.05) is 25.1 Å². The Morgan fingerprint density at radius 1 is 1.22 bits per heavy atom. The van der Waals surface area contributed by atoms with E-state index in [1.165, 1.54) is 23.5 Å². The van der Waals surface area contributed by atoms with Crippen LogP contribution in [0.2, 0.25) is 0 Å². The maximum Gasteiger partial charge on any atom is 0.126 e. The number of nitrogens with two attached hydrogens (primary N) is 1. The molecule has 1 heterocycles. The van der Waals surface area contributed by atoms with Crippen molar-refractivity contribution in [3.05, 3.63) is 47.8 Å². The average Bonchev–Trinajstić information content (AvgIpc) is 2.77. The van der Waals surface area contributed by atoms with E-state index in [0.717, 1.165) is 20.8 Å². The molecule has 3 aromatic rings. The summed E-state index contributed by atoms with van der Waals surface area (Å²) >= 11 is 1.53. The fourth-order valence-corrected chi connectivity index (χ4v) is 3.00. The Bertz CT molecular complexity index is 734. The molecule has 2 nitrogen and oxygen atoms in total. The topological polar surface area (TPSA) is 38.9 Å². The smallest absolute Gasteiger partial charge is 0.126 e. The van der Waals surface area contributed by atoms with E-state index >= 15 is 0 Å². The van der Waals surface area contributed by atoms with Gasteiger partial charge in [0, 0.05) is 11.3 Å². The second-order valence-electron chi connectivity index (χ2n) is 4.17. The van der Waals surface area contributed by atoms with Crippen LogP contribution < -0.4 is 5.73 Å². The third kappa shape index (κ3) is 1.75. The lowest BCUT2D eigenvalue weighted by Gasteiger charge is -2.01. The van der Waals surface area contributed by atoms with Crippen molar-refractivity contribution >= 4 is 27.2 Å². The summed E-state index contributed by atoms with van der Waals surface area (Å²) in [5.41, 5.74) is 9.17. The van der Waals surface area contributed by atoms with Gasteiger partial charge in [0.25, 0.3) is 0 Å². The number of para-hydroxylation sites is 1. The van der Waals surface area contributed by atoms with Crippen LogP contribution in [0.4, 0.5) is 10.1 Å². The molecule has 0 saturated carbocycles. The number of rotatable bonds is 1. The Morgan fingerprint density at radius 3 is 2.83 bits per heavy atom. The molecular weight excluding hydrogens is 247 g/mol. The van der Waals surface area contributed by atoms with Crippen LogP contribution in [0.15, 0.2) is 36.4 Å². The van der Waals surface area contributed by atoms with Crippen molar-refractivity contribution in [1.29, 1.82) is 0 Å². The average molecular weight is 258 g/mol. The number of hydrogen-bond donors (Lipinski definition) is 1. The van der Waals surface area contributed by atoms with Crippen molar-refractivity contribution < 1.29 is 4.39 Å². The van der Waals surface area contributed by atoms with Crippen LogP contribution in [0.25, 0.3) is 20.8 Å². The highest BCUT2D eigenvalue weighted by Gasteiger charge is 2.11. The van der Waals surface area contributed by atoms with Crippen LogP contribution in [0.5, 0.6) is 0 Å². The zero-order chi connectivity index (χ0) is 12.7. The summed E-state index contributed by atoms with van der Waals surface area (Å²) in [7, 11) is 0. The monoisotopic (exact) mass is 258 g/mol. The summed E-state index contributed by atoms with van der Waals surface area (Å²) in [6.07, 6.45) is 0. The van der Waals surface area contributed by atoms with Gasteiger partial charge < -0.3 is 5.73 Å². The first-order valence-corrected chi connectivity index (χ1v) is 6.38. The number of halogens is 1. The predicted molar refractivity (Wildman–Crippen MR) is 74.2 cm³/mol. The van der Waals surface area contributed by atoms with E-state index in [0.29, 0.717) is 11.3 Å². The first-order chi connectivity index (χ1) is 8.65. The van der Waals surface area contributed by atoms with Gasteiger partial charge in [-0.2, -0.15) is 0 Å². The van der Waals surface area contributed by atoms with E-state index in [-0.39, 0.29) is 5.82 Å². The highest BCUT2D eigenvalue weighted by atomic mass is 32.1. The van der Waals surface area contributed by atoms with Crippen molar-refractivity contribution in [3.63, 3.8) is 0 Å². The first kappa shape index (κ1) is 11.2. The number of benzene rings is 2. The summed E-state index contributed by atoms with van der Waals surface area (Å²) in [6.45, 7) is 2.01. The van der Waals surface area contributed by atoms with Gasteiger partial charge in [0.1, 0.15) is 10.8 Å². The summed E-state index contributed by atoms with van der Waals surface area (Å²) in [6, 6.07) is 10.4. The zero-order valence-electron chi connectivity index (χ0n) is 9.77. The van der Waals surface area contributed by atoms with E-state index in [9.17, 15) is 4.39 Å². The molecule has 2 N–H and O–H groups in total. The third-order valence-corrected chi connectivity index (χ3v) is 3.92.